The topological polar surface area (TPSA) is 54.4 Å². The minimum absolute atomic E-state index is 0.0724. The summed E-state index contributed by atoms with van der Waals surface area (Å²) >= 11 is -0.750. The summed E-state index contributed by atoms with van der Waals surface area (Å²) < 4.78 is 16.6. The van der Waals surface area contributed by atoms with Gasteiger partial charge in [0, 0.05) is 0 Å². The minimum atomic E-state index is -0.750. The first-order chi connectivity index (χ1) is 9.00. The second-order valence-electron chi connectivity index (χ2n) is 6.49. The number of benzene rings is 1. The molecule has 0 atom stereocenters. The van der Waals surface area contributed by atoms with Gasteiger partial charge in [-0.25, -0.2) is 0 Å². The SMILES string of the molecule is Cc1c(O)c(C)c(C(C)(C)C)c(C)c1C(C)C.O=S=O. The van der Waals surface area contributed by atoms with Crippen molar-refractivity contribution in [2.75, 3.05) is 0 Å². The number of aromatic hydroxyl groups is 1. The molecular weight excluding hydrogens is 272 g/mol. The monoisotopic (exact) mass is 298 g/mol. The summed E-state index contributed by atoms with van der Waals surface area (Å²) in [5.74, 6) is 0.923. The van der Waals surface area contributed by atoms with Gasteiger partial charge in [0.2, 0.25) is 0 Å². The zero-order valence-corrected chi connectivity index (χ0v) is 14.6. The van der Waals surface area contributed by atoms with Crippen molar-refractivity contribution >= 4 is 11.6 Å². The Labute approximate surface area is 126 Å². The largest absolute Gasteiger partial charge is 0.507 e. The highest BCUT2D eigenvalue weighted by atomic mass is 32.1. The highest BCUT2D eigenvalue weighted by Gasteiger charge is 2.25. The van der Waals surface area contributed by atoms with Gasteiger partial charge in [0.25, 0.3) is 0 Å². The molecular formula is C16H26O3S. The van der Waals surface area contributed by atoms with Crippen LogP contribution in [0.4, 0.5) is 0 Å². The van der Waals surface area contributed by atoms with E-state index in [1.54, 1.807) is 0 Å². The lowest BCUT2D eigenvalue weighted by molar-refractivity contribution is 0.458. The molecule has 3 nitrogen and oxygen atoms in total. The summed E-state index contributed by atoms with van der Waals surface area (Å²) in [5, 5.41) is 10.3. The third-order valence-electron chi connectivity index (χ3n) is 3.60. The van der Waals surface area contributed by atoms with Crippen LogP contribution in [-0.4, -0.2) is 13.5 Å². The third kappa shape index (κ3) is 3.92. The molecule has 0 bridgehead atoms. The van der Waals surface area contributed by atoms with E-state index < -0.39 is 11.6 Å². The van der Waals surface area contributed by atoms with E-state index in [4.69, 9.17) is 8.42 Å². The van der Waals surface area contributed by atoms with E-state index in [9.17, 15) is 5.11 Å². The van der Waals surface area contributed by atoms with E-state index in [0.29, 0.717) is 11.7 Å². The van der Waals surface area contributed by atoms with Crippen LogP contribution < -0.4 is 0 Å². The van der Waals surface area contributed by atoms with Gasteiger partial charge in [-0.3, -0.25) is 0 Å². The van der Waals surface area contributed by atoms with Crippen molar-refractivity contribution in [3.63, 3.8) is 0 Å². The fraction of sp³-hybridized carbons (Fsp3) is 0.625. The molecule has 0 aliphatic carbocycles. The van der Waals surface area contributed by atoms with Crippen molar-refractivity contribution in [3.8, 4) is 5.75 Å². The second kappa shape index (κ2) is 7.02. The Morgan fingerprint density at radius 1 is 0.950 bits per heavy atom. The Morgan fingerprint density at radius 2 is 1.35 bits per heavy atom. The molecule has 1 N–H and O–H groups in total. The molecule has 0 saturated carbocycles. The van der Waals surface area contributed by atoms with Crippen LogP contribution in [0.2, 0.25) is 0 Å². The van der Waals surface area contributed by atoms with Gasteiger partial charge in [-0.05, 0) is 59.9 Å². The molecule has 0 amide bonds. The molecule has 0 aromatic heterocycles. The molecule has 0 unspecified atom stereocenters. The van der Waals surface area contributed by atoms with Gasteiger partial charge in [0.05, 0.1) is 0 Å². The van der Waals surface area contributed by atoms with Gasteiger partial charge in [-0.1, -0.05) is 34.6 Å². The summed E-state index contributed by atoms with van der Waals surface area (Å²) in [6, 6.07) is 0. The molecule has 0 aliphatic rings. The molecule has 1 rings (SSSR count). The molecule has 0 radical (unpaired) electrons. The van der Waals surface area contributed by atoms with Crippen LogP contribution in [-0.2, 0) is 17.0 Å². The van der Waals surface area contributed by atoms with Gasteiger partial charge in [-0.15, -0.1) is 0 Å². The zero-order chi connectivity index (χ0) is 16.2. The third-order valence-corrected chi connectivity index (χ3v) is 3.60. The fourth-order valence-electron chi connectivity index (χ4n) is 3.22. The summed E-state index contributed by atoms with van der Waals surface area (Å²) in [5.41, 5.74) is 6.10. The van der Waals surface area contributed by atoms with Crippen molar-refractivity contribution < 1.29 is 13.5 Å². The van der Waals surface area contributed by atoms with Gasteiger partial charge in [0.1, 0.15) is 5.75 Å². The lowest BCUT2D eigenvalue weighted by Crippen LogP contribution is -2.17. The quantitative estimate of drug-likeness (QED) is 0.850. The van der Waals surface area contributed by atoms with Crippen LogP contribution >= 0.6 is 0 Å². The molecule has 1 aromatic carbocycles. The summed E-state index contributed by atoms with van der Waals surface area (Å²) in [7, 11) is 0. The maximum Gasteiger partial charge on any atom is 0.335 e. The minimum Gasteiger partial charge on any atom is -0.507 e. The van der Waals surface area contributed by atoms with Gasteiger partial charge in [-0.2, -0.15) is 8.42 Å². The summed E-state index contributed by atoms with van der Waals surface area (Å²) in [4.78, 5) is 0. The van der Waals surface area contributed by atoms with E-state index in [2.05, 4.69) is 41.5 Å². The van der Waals surface area contributed by atoms with Crippen molar-refractivity contribution in [1.29, 1.82) is 0 Å². The summed E-state index contributed by atoms with van der Waals surface area (Å²) in [6.45, 7) is 17.3. The van der Waals surface area contributed by atoms with Crippen LogP contribution in [0.1, 0.15) is 68.4 Å². The van der Waals surface area contributed by atoms with Crippen LogP contribution in [0.5, 0.6) is 5.75 Å². The Kier molecular flexibility index (Phi) is 6.62. The van der Waals surface area contributed by atoms with Crippen LogP contribution in [0.3, 0.4) is 0 Å². The Balaban J connectivity index is 0.00000110. The molecule has 0 fully saturated rings. The molecule has 1 aromatic rings. The van der Waals surface area contributed by atoms with E-state index in [1.165, 1.54) is 16.7 Å². The molecule has 4 heteroatoms. The maximum absolute atomic E-state index is 10.3. The van der Waals surface area contributed by atoms with Gasteiger partial charge < -0.3 is 5.11 Å². The number of phenolic OH excluding ortho intramolecular Hbond substituents is 1. The number of phenols is 1. The average molecular weight is 298 g/mol. The summed E-state index contributed by atoms with van der Waals surface area (Å²) in [6.07, 6.45) is 0. The first-order valence-corrected chi connectivity index (χ1v) is 7.42. The van der Waals surface area contributed by atoms with E-state index in [-0.39, 0.29) is 5.41 Å². The lowest BCUT2D eigenvalue weighted by Gasteiger charge is -2.29. The standard InChI is InChI=1S/C16H26O.O2S/c1-9(2)13-10(3)14(16(6,7)8)12(5)15(17)11(13)4;1-3-2/h9,17H,1-8H3;. The first kappa shape index (κ1) is 18.8. The predicted molar refractivity (Wildman–Crippen MR) is 84.0 cm³/mol. The van der Waals surface area contributed by atoms with E-state index in [1.807, 2.05) is 13.8 Å². The highest BCUT2D eigenvalue weighted by Crippen LogP contribution is 2.40. The maximum atomic E-state index is 10.3. The van der Waals surface area contributed by atoms with Crippen molar-refractivity contribution in [3.05, 3.63) is 27.8 Å². The van der Waals surface area contributed by atoms with Gasteiger partial charge in [0.15, 0.2) is 0 Å². The Morgan fingerprint density at radius 3 is 1.65 bits per heavy atom. The second-order valence-corrected chi connectivity index (χ2v) is 6.62. The Hall–Kier alpha value is -1.16. The van der Waals surface area contributed by atoms with Crippen LogP contribution in [0.25, 0.3) is 0 Å². The fourth-order valence-corrected chi connectivity index (χ4v) is 3.22. The Bertz CT molecular complexity index is 520. The zero-order valence-electron chi connectivity index (χ0n) is 13.7. The molecule has 114 valence electrons. The average Bonchev–Trinajstić information content (AvgIpc) is 2.25. The highest BCUT2D eigenvalue weighted by molar-refractivity contribution is 7.51. The smallest absolute Gasteiger partial charge is 0.335 e. The molecule has 0 heterocycles. The van der Waals surface area contributed by atoms with Crippen LogP contribution in [0, 0.1) is 20.8 Å². The van der Waals surface area contributed by atoms with Crippen LogP contribution in [0.15, 0.2) is 0 Å². The number of hydrogen-bond acceptors (Lipinski definition) is 3. The van der Waals surface area contributed by atoms with Crippen molar-refractivity contribution in [2.24, 2.45) is 0 Å². The van der Waals surface area contributed by atoms with Gasteiger partial charge >= 0.3 is 11.6 Å². The van der Waals surface area contributed by atoms with Crippen molar-refractivity contribution in [1.82, 2.24) is 0 Å². The first-order valence-electron chi connectivity index (χ1n) is 6.75. The number of hydrogen-bond donors (Lipinski definition) is 1. The molecule has 20 heavy (non-hydrogen) atoms. The molecule has 0 saturated heterocycles. The molecule has 0 spiro atoms. The lowest BCUT2D eigenvalue weighted by atomic mass is 9.76. The van der Waals surface area contributed by atoms with Crippen molar-refractivity contribution in [2.45, 2.75) is 66.7 Å². The van der Waals surface area contributed by atoms with E-state index >= 15 is 0 Å². The number of rotatable bonds is 1. The predicted octanol–water partition coefficient (Wildman–Crippen LogP) is 4.07. The normalized spacial score (nSPS) is 11.1. The molecule has 0 aliphatic heterocycles. The van der Waals surface area contributed by atoms with E-state index in [0.717, 1.165) is 11.1 Å².